The van der Waals surface area contributed by atoms with Crippen molar-refractivity contribution in [3.8, 4) is 0 Å². The topological polar surface area (TPSA) is 81.1 Å². The number of nitrogens with zero attached hydrogens (tertiary/aromatic N) is 2. The van der Waals surface area contributed by atoms with Crippen molar-refractivity contribution >= 4 is 12.0 Å². The number of carboxylic acids is 1. The van der Waals surface area contributed by atoms with Gasteiger partial charge in [0.05, 0.1) is 6.10 Å². The average molecular weight is 256 g/mol. The number of amides is 2. The van der Waals surface area contributed by atoms with Crippen molar-refractivity contribution in [3.05, 3.63) is 0 Å². The van der Waals surface area contributed by atoms with Crippen LogP contribution in [0.15, 0.2) is 0 Å². The molecule has 0 radical (unpaired) electrons. The summed E-state index contributed by atoms with van der Waals surface area (Å²) in [5, 5.41) is 18.6. The van der Waals surface area contributed by atoms with E-state index in [1.165, 1.54) is 4.90 Å². The van der Waals surface area contributed by atoms with E-state index in [2.05, 4.69) is 0 Å². The van der Waals surface area contributed by atoms with E-state index in [1.54, 1.807) is 11.9 Å². The van der Waals surface area contributed by atoms with E-state index in [0.29, 0.717) is 0 Å². The molecule has 102 valence electrons. The minimum Gasteiger partial charge on any atom is -0.480 e. The van der Waals surface area contributed by atoms with Crippen LogP contribution in [0.25, 0.3) is 0 Å². The number of likely N-dealkylation sites (tertiary alicyclic amines) is 1. The molecule has 2 amide bonds. The highest BCUT2D eigenvalue weighted by molar-refractivity contribution is 5.83. The van der Waals surface area contributed by atoms with Gasteiger partial charge in [0.1, 0.15) is 6.04 Å². The summed E-state index contributed by atoms with van der Waals surface area (Å²) in [6, 6.07) is -0.952. The van der Waals surface area contributed by atoms with Crippen LogP contribution >= 0.6 is 0 Å². The van der Waals surface area contributed by atoms with E-state index in [-0.39, 0.29) is 25.0 Å². The van der Waals surface area contributed by atoms with Crippen LogP contribution in [0.3, 0.4) is 0 Å². The summed E-state index contributed by atoms with van der Waals surface area (Å²) >= 11 is 0. The molecule has 1 saturated heterocycles. The highest BCUT2D eigenvalue weighted by atomic mass is 16.4. The van der Waals surface area contributed by atoms with Gasteiger partial charge in [-0.05, 0) is 12.8 Å². The van der Waals surface area contributed by atoms with Crippen molar-refractivity contribution in [1.82, 2.24) is 9.80 Å². The second kappa shape index (κ2) is 5.14. The van der Waals surface area contributed by atoms with Crippen LogP contribution in [0.1, 0.15) is 32.1 Å². The Kier molecular flexibility index (Phi) is 3.75. The molecular formula is C12H20N2O4. The summed E-state index contributed by atoms with van der Waals surface area (Å²) in [6.07, 6.45) is 3.60. The van der Waals surface area contributed by atoms with Crippen molar-refractivity contribution in [2.45, 2.75) is 50.3 Å². The van der Waals surface area contributed by atoms with Crippen LogP contribution < -0.4 is 0 Å². The molecule has 6 heteroatoms. The minimum absolute atomic E-state index is 0.118. The maximum absolute atomic E-state index is 12.3. The van der Waals surface area contributed by atoms with E-state index in [9.17, 15) is 14.7 Å². The van der Waals surface area contributed by atoms with Gasteiger partial charge in [-0.1, -0.05) is 12.8 Å². The van der Waals surface area contributed by atoms with Gasteiger partial charge in [0, 0.05) is 26.1 Å². The fourth-order valence-electron chi connectivity index (χ4n) is 2.91. The van der Waals surface area contributed by atoms with Gasteiger partial charge < -0.3 is 20.0 Å². The molecule has 18 heavy (non-hydrogen) atoms. The SMILES string of the molecule is CN(C(=O)N1CC(O)CC1C(=O)O)C1CCCC1. The van der Waals surface area contributed by atoms with Gasteiger partial charge in [-0.2, -0.15) is 0 Å². The first kappa shape index (κ1) is 13.1. The zero-order valence-electron chi connectivity index (χ0n) is 10.6. The third-order valence-electron chi connectivity index (χ3n) is 3.98. The normalized spacial score (nSPS) is 28.7. The van der Waals surface area contributed by atoms with Gasteiger partial charge in [0.15, 0.2) is 0 Å². The number of aliphatic carboxylic acids is 1. The predicted molar refractivity (Wildman–Crippen MR) is 64.2 cm³/mol. The molecule has 1 aliphatic carbocycles. The fourth-order valence-corrected chi connectivity index (χ4v) is 2.91. The quantitative estimate of drug-likeness (QED) is 0.754. The summed E-state index contributed by atoms with van der Waals surface area (Å²) in [7, 11) is 1.72. The molecule has 0 aromatic heterocycles. The van der Waals surface area contributed by atoms with E-state index in [4.69, 9.17) is 5.11 Å². The first-order valence-electron chi connectivity index (χ1n) is 6.45. The van der Waals surface area contributed by atoms with Crippen LogP contribution in [-0.2, 0) is 4.79 Å². The maximum Gasteiger partial charge on any atom is 0.326 e. The zero-order valence-corrected chi connectivity index (χ0v) is 10.6. The minimum atomic E-state index is -1.04. The summed E-state index contributed by atoms with van der Waals surface area (Å²) in [5.41, 5.74) is 0. The molecule has 0 aromatic carbocycles. The van der Waals surface area contributed by atoms with Crippen LogP contribution in [0.5, 0.6) is 0 Å². The number of aliphatic hydroxyl groups excluding tert-OH is 1. The molecule has 2 atom stereocenters. The number of carboxylic acid groups (broad SMARTS) is 1. The van der Waals surface area contributed by atoms with Crippen LogP contribution in [0, 0.1) is 0 Å². The molecule has 2 N–H and O–H groups in total. The summed E-state index contributed by atoms with van der Waals surface area (Å²) in [6.45, 7) is 0.118. The highest BCUT2D eigenvalue weighted by Crippen LogP contribution is 2.26. The Morgan fingerprint density at radius 1 is 1.28 bits per heavy atom. The Morgan fingerprint density at radius 2 is 1.89 bits per heavy atom. The molecule has 2 aliphatic rings. The standard InChI is InChI=1S/C12H20N2O4/c1-13(8-4-2-3-5-8)12(18)14-7-9(15)6-10(14)11(16)17/h8-10,15H,2-7H2,1H3,(H,16,17). The summed E-state index contributed by atoms with van der Waals surface area (Å²) in [5.74, 6) is -1.04. The number of urea groups is 1. The Labute approximate surface area is 106 Å². The van der Waals surface area contributed by atoms with Crippen molar-refractivity contribution in [1.29, 1.82) is 0 Å². The molecule has 6 nitrogen and oxygen atoms in total. The molecule has 2 rings (SSSR count). The lowest BCUT2D eigenvalue weighted by Gasteiger charge is -2.31. The number of hydrogen-bond donors (Lipinski definition) is 2. The fraction of sp³-hybridized carbons (Fsp3) is 0.833. The molecule has 0 aromatic rings. The van der Waals surface area contributed by atoms with Gasteiger partial charge in [0.25, 0.3) is 0 Å². The van der Waals surface area contributed by atoms with E-state index in [1.807, 2.05) is 0 Å². The zero-order chi connectivity index (χ0) is 13.3. The Bertz CT molecular complexity index is 341. The van der Waals surface area contributed by atoms with Gasteiger partial charge in [0.2, 0.25) is 0 Å². The van der Waals surface area contributed by atoms with Crippen LogP contribution in [0.4, 0.5) is 4.79 Å². The number of hydrogen-bond acceptors (Lipinski definition) is 3. The molecular weight excluding hydrogens is 236 g/mol. The van der Waals surface area contributed by atoms with Crippen LogP contribution in [-0.4, -0.2) is 63.8 Å². The van der Waals surface area contributed by atoms with Gasteiger partial charge in [-0.25, -0.2) is 9.59 Å². The Hall–Kier alpha value is -1.30. The number of aliphatic hydroxyl groups is 1. The highest BCUT2D eigenvalue weighted by Gasteiger charge is 2.41. The Morgan fingerprint density at radius 3 is 2.44 bits per heavy atom. The smallest absolute Gasteiger partial charge is 0.326 e. The molecule has 0 spiro atoms. The molecule has 2 unspecified atom stereocenters. The largest absolute Gasteiger partial charge is 0.480 e. The van der Waals surface area contributed by atoms with E-state index in [0.717, 1.165) is 25.7 Å². The lowest BCUT2D eigenvalue weighted by molar-refractivity contribution is -0.141. The maximum atomic E-state index is 12.3. The van der Waals surface area contributed by atoms with Gasteiger partial charge in [-0.15, -0.1) is 0 Å². The number of rotatable bonds is 2. The van der Waals surface area contributed by atoms with E-state index >= 15 is 0 Å². The third kappa shape index (κ3) is 2.43. The summed E-state index contributed by atoms with van der Waals surface area (Å²) < 4.78 is 0. The third-order valence-corrected chi connectivity index (χ3v) is 3.98. The lowest BCUT2D eigenvalue weighted by Crippen LogP contribution is -2.49. The number of carbonyl (C=O) groups is 2. The molecule has 1 aliphatic heterocycles. The molecule has 0 bridgehead atoms. The second-order valence-corrected chi connectivity index (χ2v) is 5.23. The van der Waals surface area contributed by atoms with Crippen molar-refractivity contribution in [2.24, 2.45) is 0 Å². The predicted octanol–water partition coefficient (Wildman–Crippen LogP) is 0.501. The summed E-state index contributed by atoms with van der Waals surface area (Å²) in [4.78, 5) is 26.3. The first-order chi connectivity index (χ1) is 8.50. The van der Waals surface area contributed by atoms with Crippen molar-refractivity contribution < 1.29 is 19.8 Å². The van der Waals surface area contributed by atoms with E-state index < -0.39 is 18.1 Å². The Balaban J connectivity index is 2.04. The lowest BCUT2D eigenvalue weighted by atomic mass is 10.2. The van der Waals surface area contributed by atoms with Gasteiger partial charge in [-0.3, -0.25) is 0 Å². The van der Waals surface area contributed by atoms with Crippen molar-refractivity contribution in [2.75, 3.05) is 13.6 Å². The molecule has 1 heterocycles. The van der Waals surface area contributed by atoms with Crippen LogP contribution in [0.2, 0.25) is 0 Å². The number of β-amino-alcohol motifs (C(OH)–C–C–N with tert-alkyl or cyclic N) is 1. The van der Waals surface area contributed by atoms with Gasteiger partial charge >= 0.3 is 12.0 Å². The molecule has 1 saturated carbocycles. The second-order valence-electron chi connectivity index (χ2n) is 5.23. The van der Waals surface area contributed by atoms with Crippen molar-refractivity contribution in [3.63, 3.8) is 0 Å². The number of carbonyl (C=O) groups excluding carboxylic acids is 1. The monoisotopic (exact) mass is 256 g/mol. The average Bonchev–Trinajstić information content (AvgIpc) is 2.95. The molecule has 2 fully saturated rings. The first-order valence-corrected chi connectivity index (χ1v) is 6.45.